The van der Waals surface area contributed by atoms with Gasteiger partial charge in [0.2, 0.25) is 5.78 Å². The van der Waals surface area contributed by atoms with Crippen LogP contribution in [-0.4, -0.2) is 33.2 Å². The van der Waals surface area contributed by atoms with Gasteiger partial charge in [0.15, 0.2) is 6.29 Å². The Balaban J connectivity index is 2.78. The van der Waals surface area contributed by atoms with Gasteiger partial charge in [-0.1, -0.05) is 6.07 Å². The molecular formula is C10H8N2O3. The van der Waals surface area contributed by atoms with E-state index in [1.807, 2.05) is 0 Å². The molecule has 2 heterocycles. The van der Waals surface area contributed by atoms with E-state index in [9.17, 15) is 9.59 Å². The molecule has 2 rings (SSSR count). The van der Waals surface area contributed by atoms with E-state index in [1.165, 1.54) is 4.40 Å². The largest absolute Gasteiger partial charge is 0.388 e. The Morgan fingerprint density at radius 1 is 1.53 bits per heavy atom. The van der Waals surface area contributed by atoms with Crippen molar-refractivity contribution >= 4 is 17.7 Å². The Morgan fingerprint density at radius 3 is 3.00 bits per heavy atom. The van der Waals surface area contributed by atoms with Crippen molar-refractivity contribution in [2.45, 2.75) is 0 Å². The van der Waals surface area contributed by atoms with Gasteiger partial charge in [0.05, 0.1) is 0 Å². The fourth-order valence-electron chi connectivity index (χ4n) is 1.45. The molecule has 2 aromatic rings. The molecule has 0 saturated heterocycles. The molecule has 0 radical (unpaired) electrons. The van der Waals surface area contributed by atoms with Gasteiger partial charge in [-0.05, 0) is 12.1 Å². The van der Waals surface area contributed by atoms with Crippen LogP contribution < -0.4 is 0 Å². The molecule has 0 amide bonds. The van der Waals surface area contributed by atoms with E-state index in [-0.39, 0.29) is 11.4 Å². The van der Waals surface area contributed by atoms with Crippen LogP contribution in [0.1, 0.15) is 21.0 Å². The van der Waals surface area contributed by atoms with Crippen molar-refractivity contribution in [1.29, 1.82) is 0 Å². The van der Waals surface area contributed by atoms with Crippen LogP contribution in [0.25, 0.3) is 5.65 Å². The molecule has 1 N–H and O–H groups in total. The Hall–Kier alpha value is -2.01. The normalized spacial score (nSPS) is 10.5. The van der Waals surface area contributed by atoms with Crippen LogP contribution in [0, 0.1) is 0 Å². The number of carbonyl (C=O) groups is 2. The first-order valence-electron chi connectivity index (χ1n) is 4.34. The van der Waals surface area contributed by atoms with Gasteiger partial charge in [0.1, 0.15) is 23.6 Å². The molecule has 76 valence electrons. The number of hydrogen-bond donors (Lipinski definition) is 1. The van der Waals surface area contributed by atoms with Crippen LogP contribution >= 0.6 is 0 Å². The number of aldehydes is 1. The first-order chi connectivity index (χ1) is 7.27. The molecule has 0 bridgehead atoms. The molecule has 0 spiro atoms. The maximum absolute atomic E-state index is 11.4. The number of carbonyl (C=O) groups excluding carboxylic acids is 2. The number of hydrogen-bond acceptors (Lipinski definition) is 4. The summed E-state index contributed by atoms with van der Waals surface area (Å²) in [7, 11) is 0. The summed E-state index contributed by atoms with van der Waals surface area (Å²) in [5.74, 6) is -0.518. The molecule has 5 heteroatoms. The van der Waals surface area contributed by atoms with Crippen molar-refractivity contribution in [3.8, 4) is 0 Å². The number of aliphatic hydroxyl groups is 1. The second kappa shape index (κ2) is 3.62. The lowest BCUT2D eigenvalue weighted by Crippen LogP contribution is -2.10. The lowest BCUT2D eigenvalue weighted by Gasteiger charge is -1.97. The number of nitrogens with zero attached hydrogens (tertiary/aromatic N) is 2. The van der Waals surface area contributed by atoms with Gasteiger partial charge in [-0.25, -0.2) is 4.98 Å². The second-order valence-electron chi connectivity index (χ2n) is 2.97. The van der Waals surface area contributed by atoms with Crippen molar-refractivity contribution in [3.63, 3.8) is 0 Å². The second-order valence-corrected chi connectivity index (χ2v) is 2.97. The maximum Gasteiger partial charge on any atom is 0.207 e. The zero-order valence-electron chi connectivity index (χ0n) is 7.75. The standard InChI is InChI=1S/C10H8N2O3/c13-5-7-10(8(15)6-14)12-4-2-1-3-9(12)11-7/h1-5,14H,6H2. The van der Waals surface area contributed by atoms with Crippen LogP contribution in [0.4, 0.5) is 0 Å². The molecule has 5 nitrogen and oxygen atoms in total. The minimum absolute atomic E-state index is 0.0558. The molecule has 0 aromatic carbocycles. The topological polar surface area (TPSA) is 71.7 Å². The van der Waals surface area contributed by atoms with Crippen LogP contribution in [0.2, 0.25) is 0 Å². The van der Waals surface area contributed by atoms with Crippen molar-refractivity contribution in [1.82, 2.24) is 9.38 Å². The fourth-order valence-corrected chi connectivity index (χ4v) is 1.45. The summed E-state index contributed by atoms with van der Waals surface area (Å²) < 4.78 is 1.49. The number of ketones is 1. The molecule has 0 fully saturated rings. The minimum Gasteiger partial charge on any atom is -0.388 e. The summed E-state index contributed by atoms with van der Waals surface area (Å²) in [6.45, 7) is -0.635. The molecule has 0 saturated carbocycles. The monoisotopic (exact) mass is 204 g/mol. The molecule has 0 aliphatic carbocycles. The van der Waals surface area contributed by atoms with Gasteiger partial charge in [-0.2, -0.15) is 0 Å². The average Bonchev–Trinajstić information content (AvgIpc) is 2.66. The molecule has 15 heavy (non-hydrogen) atoms. The smallest absolute Gasteiger partial charge is 0.207 e. The quantitative estimate of drug-likeness (QED) is 0.577. The maximum atomic E-state index is 11.4. The predicted octanol–water partition coefficient (Wildman–Crippen LogP) is 0.322. The van der Waals surface area contributed by atoms with E-state index in [4.69, 9.17) is 5.11 Å². The number of Topliss-reactive ketones (excluding diaryl/α,β-unsaturated/α-hetero) is 1. The van der Waals surface area contributed by atoms with E-state index in [0.29, 0.717) is 11.9 Å². The third-order valence-corrected chi connectivity index (χ3v) is 2.08. The summed E-state index contributed by atoms with van der Waals surface area (Å²) in [5.41, 5.74) is 0.694. The highest BCUT2D eigenvalue weighted by Gasteiger charge is 2.17. The van der Waals surface area contributed by atoms with E-state index in [2.05, 4.69) is 4.98 Å². The molecular weight excluding hydrogens is 196 g/mol. The number of rotatable bonds is 3. The lowest BCUT2D eigenvalue weighted by molar-refractivity contribution is 0.0893. The fraction of sp³-hybridized carbons (Fsp3) is 0.100. The molecule has 0 unspecified atom stereocenters. The molecule has 0 aliphatic rings. The van der Waals surface area contributed by atoms with Gasteiger partial charge in [0, 0.05) is 6.20 Å². The Labute approximate surface area is 85.0 Å². The van der Waals surface area contributed by atoms with E-state index < -0.39 is 12.4 Å². The highest BCUT2D eigenvalue weighted by atomic mass is 16.3. The Morgan fingerprint density at radius 2 is 2.33 bits per heavy atom. The Kier molecular flexibility index (Phi) is 2.31. The molecule has 0 atom stereocenters. The summed E-state index contributed by atoms with van der Waals surface area (Å²) in [6.07, 6.45) is 2.13. The average molecular weight is 204 g/mol. The number of imidazole rings is 1. The predicted molar refractivity (Wildman–Crippen MR) is 52.0 cm³/mol. The van der Waals surface area contributed by atoms with Gasteiger partial charge >= 0.3 is 0 Å². The lowest BCUT2D eigenvalue weighted by atomic mass is 10.2. The minimum atomic E-state index is -0.635. The van der Waals surface area contributed by atoms with E-state index in [1.54, 1.807) is 24.4 Å². The Bertz CT molecular complexity index is 530. The highest BCUT2D eigenvalue weighted by molar-refractivity contribution is 6.02. The number of pyridine rings is 1. The van der Waals surface area contributed by atoms with Crippen molar-refractivity contribution in [2.75, 3.05) is 6.61 Å². The van der Waals surface area contributed by atoms with E-state index >= 15 is 0 Å². The number of aromatic nitrogens is 2. The molecule has 0 aliphatic heterocycles. The summed E-state index contributed by atoms with van der Waals surface area (Å²) >= 11 is 0. The zero-order chi connectivity index (χ0) is 10.8. The number of aliphatic hydroxyl groups excluding tert-OH is 1. The third-order valence-electron chi connectivity index (χ3n) is 2.08. The van der Waals surface area contributed by atoms with Crippen molar-refractivity contribution < 1.29 is 14.7 Å². The third kappa shape index (κ3) is 1.42. The summed E-state index contributed by atoms with van der Waals surface area (Å²) in [5, 5.41) is 8.78. The van der Waals surface area contributed by atoms with Crippen LogP contribution in [-0.2, 0) is 0 Å². The first kappa shape index (κ1) is 9.54. The SMILES string of the molecule is O=Cc1nc2ccccn2c1C(=O)CO. The zero-order valence-corrected chi connectivity index (χ0v) is 7.75. The van der Waals surface area contributed by atoms with Gasteiger partial charge in [0.25, 0.3) is 0 Å². The number of fused-ring (bicyclic) bond motifs is 1. The van der Waals surface area contributed by atoms with Crippen molar-refractivity contribution in [2.24, 2.45) is 0 Å². The van der Waals surface area contributed by atoms with Gasteiger partial charge in [-0.3, -0.25) is 14.0 Å². The van der Waals surface area contributed by atoms with E-state index in [0.717, 1.165) is 0 Å². The van der Waals surface area contributed by atoms with Gasteiger partial charge in [-0.15, -0.1) is 0 Å². The summed E-state index contributed by atoms with van der Waals surface area (Å²) in [4.78, 5) is 26.1. The summed E-state index contributed by atoms with van der Waals surface area (Å²) in [6, 6.07) is 5.16. The van der Waals surface area contributed by atoms with Crippen LogP contribution in [0.15, 0.2) is 24.4 Å². The molecule has 2 aromatic heterocycles. The van der Waals surface area contributed by atoms with Crippen LogP contribution in [0.5, 0.6) is 0 Å². The first-order valence-corrected chi connectivity index (χ1v) is 4.34. The van der Waals surface area contributed by atoms with Gasteiger partial charge < -0.3 is 5.11 Å². The van der Waals surface area contributed by atoms with Crippen LogP contribution in [0.3, 0.4) is 0 Å². The van der Waals surface area contributed by atoms with Crippen molar-refractivity contribution in [3.05, 3.63) is 35.8 Å². The highest BCUT2D eigenvalue weighted by Crippen LogP contribution is 2.11.